The summed E-state index contributed by atoms with van der Waals surface area (Å²) in [6.45, 7) is 6.61. The topological polar surface area (TPSA) is 64.8 Å². The maximum absolute atomic E-state index is 12.7. The minimum absolute atomic E-state index is 0. The zero-order chi connectivity index (χ0) is 17.0. The summed E-state index contributed by atoms with van der Waals surface area (Å²) in [6, 6.07) is 3.34. The van der Waals surface area contributed by atoms with E-state index in [1.54, 1.807) is 19.2 Å². The molecule has 5 nitrogen and oxygen atoms in total. The lowest BCUT2D eigenvalue weighted by Gasteiger charge is -2.23. The molecule has 1 aromatic carbocycles. The van der Waals surface area contributed by atoms with Crippen molar-refractivity contribution in [2.24, 2.45) is 11.1 Å². The first-order valence-electron chi connectivity index (χ1n) is 7.94. The van der Waals surface area contributed by atoms with Gasteiger partial charge in [-0.1, -0.05) is 25.4 Å². The van der Waals surface area contributed by atoms with E-state index in [-0.39, 0.29) is 23.7 Å². The zero-order valence-electron chi connectivity index (χ0n) is 14.4. The van der Waals surface area contributed by atoms with Crippen LogP contribution in [0.2, 0.25) is 5.02 Å². The van der Waals surface area contributed by atoms with Crippen LogP contribution in [0.5, 0.6) is 11.5 Å². The van der Waals surface area contributed by atoms with Crippen LogP contribution in [0, 0.1) is 5.41 Å². The number of benzene rings is 1. The lowest BCUT2D eigenvalue weighted by molar-refractivity contribution is 0.0776. The molecule has 0 spiro atoms. The van der Waals surface area contributed by atoms with Crippen molar-refractivity contribution in [2.45, 2.75) is 26.7 Å². The van der Waals surface area contributed by atoms with E-state index in [4.69, 9.17) is 26.8 Å². The number of ether oxygens (including phenoxy) is 2. The number of likely N-dealkylation sites (tertiary alicyclic amines) is 1. The van der Waals surface area contributed by atoms with E-state index in [2.05, 4.69) is 6.92 Å². The summed E-state index contributed by atoms with van der Waals surface area (Å²) in [6.07, 6.45) is 1.78. The highest BCUT2D eigenvalue weighted by Gasteiger charge is 2.35. The molecule has 7 heteroatoms. The summed E-state index contributed by atoms with van der Waals surface area (Å²) in [7, 11) is 1.54. The Balaban J connectivity index is 0.00000288. The summed E-state index contributed by atoms with van der Waals surface area (Å²) < 4.78 is 11.0. The van der Waals surface area contributed by atoms with Crippen LogP contribution in [0.3, 0.4) is 0 Å². The lowest BCUT2D eigenvalue weighted by atomic mass is 9.90. The van der Waals surface area contributed by atoms with Gasteiger partial charge in [0, 0.05) is 18.7 Å². The van der Waals surface area contributed by atoms with Gasteiger partial charge in [0.25, 0.3) is 5.91 Å². The van der Waals surface area contributed by atoms with E-state index < -0.39 is 0 Å². The second-order valence-electron chi connectivity index (χ2n) is 6.33. The highest BCUT2D eigenvalue weighted by atomic mass is 35.5. The second kappa shape index (κ2) is 8.79. The van der Waals surface area contributed by atoms with Crippen LogP contribution in [-0.2, 0) is 0 Å². The Labute approximate surface area is 154 Å². The number of carbonyl (C=O) groups excluding carboxylic acids is 1. The molecule has 1 fully saturated rings. The molecule has 1 aliphatic heterocycles. The van der Waals surface area contributed by atoms with Gasteiger partial charge in [-0.25, -0.2) is 0 Å². The molecule has 1 saturated heterocycles. The van der Waals surface area contributed by atoms with Crippen LogP contribution in [0.4, 0.5) is 0 Å². The number of hydrogen-bond donors (Lipinski definition) is 1. The molecule has 24 heavy (non-hydrogen) atoms. The van der Waals surface area contributed by atoms with Gasteiger partial charge in [-0.15, -0.1) is 12.4 Å². The molecule has 0 radical (unpaired) electrons. The zero-order valence-corrected chi connectivity index (χ0v) is 16.0. The number of halogens is 2. The van der Waals surface area contributed by atoms with Crippen LogP contribution in [-0.4, -0.2) is 44.2 Å². The molecule has 0 aromatic heterocycles. The molecule has 1 aromatic rings. The molecular formula is C17H26Cl2N2O3. The predicted molar refractivity (Wildman–Crippen MR) is 98.7 cm³/mol. The van der Waals surface area contributed by atoms with Crippen molar-refractivity contribution >= 4 is 29.9 Å². The molecule has 1 atom stereocenters. The summed E-state index contributed by atoms with van der Waals surface area (Å²) in [4.78, 5) is 14.6. The summed E-state index contributed by atoms with van der Waals surface area (Å²) in [5.41, 5.74) is 6.31. The quantitative estimate of drug-likeness (QED) is 0.826. The predicted octanol–water partition coefficient (Wildman–Crippen LogP) is 3.37. The van der Waals surface area contributed by atoms with E-state index in [0.29, 0.717) is 48.3 Å². The first-order valence-corrected chi connectivity index (χ1v) is 8.31. The van der Waals surface area contributed by atoms with Crippen LogP contribution in [0.1, 0.15) is 37.0 Å². The van der Waals surface area contributed by atoms with Gasteiger partial charge in [0.1, 0.15) is 0 Å². The Hall–Kier alpha value is -1.17. The molecule has 1 amide bonds. The molecular weight excluding hydrogens is 351 g/mol. The van der Waals surface area contributed by atoms with Gasteiger partial charge in [0.2, 0.25) is 0 Å². The highest BCUT2D eigenvalue weighted by molar-refractivity contribution is 6.32. The van der Waals surface area contributed by atoms with Crippen molar-refractivity contribution in [2.75, 3.05) is 33.4 Å². The normalized spacial score (nSPS) is 19.8. The number of nitrogens with zero attached hydrogens (tertiary/aromatic N) is 1. The molecule has 0 saturated carbocycles. The Morgan fingerprint density at radius 3 is 2.71 bits per heavy atom. The molecule has 1 aliphatic rings. The maximum Gasteiger partial charge on any atom is 0.254 e. The Morgan fingerprint density at radius 2 is 2.17 bits per heavy atom. The molecule has 2 N–H and O–H groups in total. The highest BCUT2D eigenvalue weighted by Crippen LogP contribution is 2.37. The van der Waals surface area contributed by atoms with Crippen molar-refractivity contribution in [3.8, 4) is 11.5 Å². The number of rotatable bonds is 6. The minimum atomic E-state index is -0.0515. The first-order chi connectivity index (χ1) is 10.9. The molecule has 0 aliphatic carbocycles. The Kier molecular flexibility index (Phi) is 7.64. The number of methoxy groups -OCH3 is 1. The van der Waals surface area contributed by atoms with Crippen LogP contribution >= 0.6 is 24.0 Å². The van der Waals surface area contributed by atoms with Crippen LogP contribution in [0.25, 0.3) is 0 Å². The van der Waals surface area contributed by atoms with Crippen molar-refractivity contribution in [3.05, 3.63) is 22.7 Å². The van der Waals surface area contributed by atoms with Gasteiger partial charge in [-0.2, -0.15) is 0 Å². The van der Waals surface area contributed by atoms with Crippen LogP contribution < -0.4 is 15.2 Å². The Morgan fingerprint density at radius 1 is 1.46 bits per heavy atom. The van der Waals surface area contributed by atoms with Gasteiger partial charge in [0.15, 0.2) is 11.5 Å². The molecule has 1 heterocycles. The van der Waals surface area contributed by atoms with E-state index in [9.17, 15) is 4.79 Å². The lowest BCUT2D eigenvalue weighted by Crippen LogP contribution is -2.34. The van der Waals surface area contributed by atoms with Gasteiger partial charge in [-0.3, -0.25) is 4.79 Å². The van der Waals surface area contributed by atoms with Crippen molar-refractivity contribution in [1.82, 2.24) is 4.90 Å². The van der Waals surface area contributed by atoms with Crippen molar-refractivity contribution in [1.29, 1.82) is 0 Å². The van der Waals surface area contributed by atoms with Crippen molar-refractivity contribution in [3.63, 3.8) is 0 Å². The number of carbonyl (C=O) groups is 1. The summed E-state index contributed by atoms with van der Waals surface area (Å²) >= 11 is 6.29. The van der Waals surface area contributed by atoms with Gasteiger partial charge < -0.3 is 20.1 Å². The van der Waals surface area contributed by atoms with Gasteiger partial charge >= 0.3 is 0 Å². The Bertz CT molecular complexity index is 583. The van der Waals surface area contributed by atoms with E-state index in [1.807, 2.05) is 11.8 Å². The van der Waals surface area contributed by atoms with Gasteiger partial charge in [0.05, 0.1) is 18.7 Å². The maximum atomic E-state index is 12.7. The number of amides is 1. The molecule has 0 bridgehead atoms. The summed E-state index contributed by atoms with van der Waals surface area (Å²) in [5.74, 6) is 0.917. The third-order valence-electron chi connectivity index (χ3n) is 4.26. The number of hydrogen-bond acceptors (Lipinski definition) is 4. The fourth-order valence-electron chi connectivity index (χ4n) is 2.73. The fourth-order valence-corrected chi connectivity index (χ4v) is 3.00. The summed E-state index contributed by atoms with van der Waals surface area (Å²) in [5, 5.41) is 0.391. The van der Waals surface area contributed by atoms with E-state index in [1.165, 1.54) is 0 Å². The van der Waals surface area contributed by atoms with E-state index in [0.717, 1.165) is 12.8 Å². The average molecular weight is 377 g/mol. The largest absolute Gasteiger partial charge is 0.493 e. The fraction of sp³-hybridized carbons (Fsp3) is 0.588. The second-order valence-corrected chi connectivity index (χ2v) is 6.74. The first kappa shape index (κ1) is 20.9. The third-order valence-corrected chi connectivity index (χ3v) is 4.55. The molecule has 1 unspecified atom stereocenters. The van der Waals surface area contributed by atoms with Gasteiger partial charge in [-0.05, 0) is 36.9 Å². The molecule has 136 valence electrons. The molecule has 2 rings (SSSR count). The average Bonchev–Trinajstić information content (AvgIpc) is 2.95. The van der Waals surface area contributed by atoms with E-state index >= 15 is 0 Å². The SMILES string of the molecule is CCCOc1c(Cl)cc(C(=O)N2CCC(C)(CN)C2)cc1OC.Cl. The van der Waals surface area contributed by atoms with Crippen LogP contribution in [0.15, 0.2) is 12.1 Å². The standard InChI is InChI=1S/C17H25ClN2O3.ClH/c1-4-7-23-15-13(18)8-12(9-14(15)22-3)16(21)20-6-5-17(2,10-19)11-20;/h8-9H,4-7,10-11,19H2,1-3H3;1H. The number of nitrogens with two attached hydrogens (primary N) is 1. The monoisotopic (exact) mass is 376 g/mol. The smallest absolute Gasteiger partial charge is 0.254 e. The van der Waals surface area contributed by atoms with Crippen molar-refractivity contribution < 1.29 is 14.3 Å². The minimum Gasteiger partial charge on any atom is -0.493 e. The third kappa shape index (κ3) is 4.47.